The summed E-state index contributed by atoms with van der Waals surface area (Å²) in [6, 6.07) is 22.8. The van der Waals surface area contributed by atoms with Crippen LogP contribution in [0.5, 0.6) is 5.75 Å². The van der Waals surface area contributed by atoms with Gasteiger partial charge in [0.25, 0.3) is 0 Å². The number of piperidine rings is 1. The van der Waals surface area contributed by atoms with Crippen LogP contribution in [0.25, 0.3) is 11.1 Å². The summed E-state index contributed by atoms with van der Waals surface area (Å²) in [5.74, 6) is 1.18. The minimum atomic E-state index is 0.276. The van der Waals surface area contributed by atoms with Crippen molar-refractivity contribution in [2.75, 3.05) is 23.3 Å². The Morgan fingerprint density at radius 1 is 0.886 bits per heavy atom. The van der Waals surface area contributed by atoms with Gasteiger partial charge in [0.1, 0.15) is 11.6 Å². The first-order chi connectivity index (χ1) is 17.2. The third-order valence-electron chi connectivity index (χ3n) is 7.29. The Morgan fingerprint density at radius 2 is 1.66 bits per heavy atom. The first kappa shape index (κ1) is 23.2. The standard InChI is InChI=1S/C29H33N5O/c30-19-21-7-11-25(12-8-21)34-17-3-4-24(20-34)32-27-5-1-2-6-28(27)33-29-18-23(15-16-31-29)22-9-13-26(35)14-10-22/h7-16,18,24,27-28,32,35H,1-6,17,20H2,(H,31,33)/t24-,27+,28+/m0/s1. The average Bonchev–Trinajstić information content (AvgIpc) is 2.91. The number of hydrogen-bond acceptors (Lipinski definition) is 6. The molecule has 0 unspecified atom stereocenters. The third-order valence-corrected chi connectivity index (χ3v) is 7.29. The zero-order valence-electron chi connectivity index (χ0n) is 20.0. The molecule has 0 spiro atoms. The summed E-state index contributed by atoms with van der Waals surface area (Å²) in [6.45, 7) is 2.05. The van der Waals surface area contributed by atoms with Gasteiger partial charge in [0.05, 0.1) is 11.6 Å². The molecule has 0 radical (unpaired) electrons. The number of phenolic OH excluding ortho intramolecular Hbond substituents is 1. The summed E-state index contributed by atoms with van der Waals surface area (Å²) in [6.07, 6.45) is 8.99. The van der Waals surface area contributed by atoms with Gasteiger partial charge in [0.2, 0.25) is 0 Å². The van der Waals surface area contributed by atoms with E-state index in [9.17, 15) is 5.11 Å². The molecule has 2 aromatic carbocycles. The van der Waals surface area contributed by atoms with Crippen LogP contribution in [0, 0.1) is 11.3 Å². The second-order valence-electron chi connectivity index (χ2n) is 9.73. The lowest BCUT2D eigenvalue weighted by Gasteiger charge is -2.40. The van der Waals surface area contributed by atoms with E-state index in [2.05, 4.69) is 44.8 Å². The van der Waals surface area contributed by atoms with E-state index in [1.807, 2.05) is 36.5 Å². The molecule has 1 saturated heterocycles. The van der Waals surface area contributed by atoms with E-state index < -0.39 is 0 Å². The molecule has 35 heavy (non-hydrogen) atoms. The zero-order chi connectivity index (χ0) is 24.0. The fourth-order valence-electron chi connectivity index (χ4n) is 5.43. The van der Waals surface area contributed by atoms with Crippen LogP contribution in [-0.2, 0) is 0 Å². The fraction of sp³-hybridized carbons (Fsp3) is 0.379. The predicted molar refractivity (Wildman–Crippen MR) is 141 cm³/mol. The Bertz CT molecular complexity index is 1150. The number of aromatic nitrogens is 1. The number of pyridine rings is 1. The van der Waals surface area contributed by atoms with Crippen LogP contribution in [0.2, 0.25) is 0 Å². The summed E-state index contributed by atoms with van der Waals surface area (Å²) in [4.78, 5) is 7.04. The SMILES string of the molecule is N#Cc1ccc(N2CCC[C@H](N[C@@H]3CCCC[C@H]3Nc3cc(-c4ccc(O)cc4)ccn3)C2)cc1. The Morgan fingerprint density at radius 3 is 2.43 bits per heavy atom. The molecule has 0 amide bonds. The van der Waals surface area contributed by atoms with E-state index in [1.165, 1.54) is 37.8 Å². The number of rotatable bonds is 6. The molecule has 1 aliphatic heterocycles. The van der Waals surface area contributed by atoms with Gasteiger partial charge in [-0.25, -0.2) is 4.98 Å². The minimum absolute atomic E-state index is 0.276. The monoisotopic (exact) mass is 467 g/mol. The molecule has 1 aromatic heterocycles. The summed E-state index contributed by atoms with van der Waals surface area (Å²) >= 11 is 0. The lowest BCUT2D eigenvalue weighted by atomic mass is 9.89. The Labute approximate surface area is 207 Å². The molecule has 2 heterocycles. The van der Waals surface area contributed by atoms with Crippen LogP contribution in [0.15, 0.2) is 66.9 Å². The van der Waals surface area contributed by atoms with Crippen molar-refractivity contribution in [3.05, 3.63) is 72.4 Å². The second kappa shape index (κ2) is 10.8. The molecule has 2 fully saturated rings. The number of hydrogen-bond donors (Lipinski definition) is 3. The van der Waals surface area contributed by atoms with Gasteiger partial charge in [-0.15, -0.1) is 0 Å². The van der Waals surface area contributed by atoms with Gasteiger partial charge in [-0.05, 0) is 85.3 Å². The molecule has 3 aromatic rings. The van der Waals surface area contributed by atoms with Crippen molar-refractivity contribution in [1.82, 2.24) is 10.3 Å². The van der Waals surface area contributed by atoms with Crippen molar-refractivity contribution in [1.29, 1.82) is 5.26 Å². The van der Waals surface area contributed by atoms with Gasteiger partial charge in [-0.1, -0.05) is 25.0 Å². The van der Waals surface area contributed by atoms with Crippen LogP contribution < -0.4 is 15.5 Å². The maximum absolute atomic E-state index is 9.59. The lowest BCUT2D eigenvalue weighted by molar-refractivity contribution is 0.293. The van der Waals surface area contributed by atoms with Crippen molar-refractivity contribution >= 4 is 11.5 Å². The van der Waals surface area contributed by atoms with Gasteiger partial charge in [-0.2, -0.15) is 5.26 Å². The van der Waals surface area contributed by atoms with Crippen molar-refractivity contribution in [2.24, 2.45) is 0 Å². The smallest absolute Gasteiger partial charge is 0.126 e. The van der Waals surface area contributed by atoms with E-state index in [0.29, 0.717) is 23.7 Å². The number of nitrogens with one attached hydrogen (secondary N) is 2. The lowest BCUT2D eigenvalue weighted by Crippen LogP contribution is -2.54. The second-order valence-corrected chi connectivity index (χ2v) is 9.73. The quantitative estimate of drug-likeness (QED) is 0.456. The van der Waals surface area contributed by atoms with Gasteiger partial charge in [0.15, 0.2) is 0 Å². The molecule has 180 valence electrons. The number of nitrogens with zero attached hydrogens (tertiary/aromatic N) is 3. The molecule has 6 nitrogen and oxygen atoms in total. The molecule has 3 atom stereocenters. The Kier molecular flexibility index (Phi) is 7.15. The summed E-state index contributed by atoms with van der Waals surface area (Å²) in [5.41, 5.74) is 4.06. The normalized spacial score (nSPS) is 22.4. The molecule has 3 N–H and O–H groups in total. The van der Waals surface area contributed by atoms with Crippen LogP contribution >= 0.6 is 0 Å². The predicted octanol–water partition coefficient (Wildman–Crippen LogP) is 5.31. The third kappa shape index (κ3) is 5.75. The average molecular weight is 468 g/mol. The maximum atomic E-state index is 9.59. The van der Waals surface area contributed by atoms with Gasteiger partial charge < -0.3 is 20.6 Å². The highest BCUT2D eigenvalue weighted by Gasteiger charge is 2.29. The van der Waals surface area contributed by atoms with E-state index in [4.69, 9.17) is 5.26 Å². The molecule has 6 heteroatoms. The number of anilines is 2. The number of phenols is 1. The van der Waals surface area contributed by atoms with E-state index in [1.54, 1.807) is 12.1 Å². The summed E-state index contributed by atoms with van der Waals surface area (Å²) < 4.78 is 0. The van der Waals surface area contributed by atoms with Crippen molar-refractivity contribution in [3.8, 4) is 22.9 Å². The largest absolute Gasteiger partial charge is 0.508 e. The van der Waals surface area contributed by atoms with E-state index in [0.717, 1.165) is 36.5 Å². The maximum Gasteiger partial charge on any atom is 0.126 e. The molecule has 1 saturated carbocycles. The highest BCUT2D eigenvalue weighted by atomic mass is 16.3. The fourth-order valence-corrected chi connectivity index (χ4v) is 5.43. The number of aromatic hydroxyl groups is 1. The summed E-state index contributed by atoms with van der Waals surface area (Å²) in [5, 5.41) is 26.4. The van der Waals surface area contributed by atoms with Crippen molar-refractivity contribution in [3.63, 3.8) is 0 Å². The van der Waals surface area contributed by atoms with Crippen LogP contribution in [0.1, 0.15) is 44.1 Å². The van der Waals surface area contributed by atoms with E-state index >= 15 is 0 Å². The first-order valence-corrected chi connectivity index (χ1v) is 12.7. The highest BCUT2D eigenvalue weighted by Crippen LogP contribution is 2.27. The molecule has 0 bridgehead atoms. The Hall–Kier alpha value is -3.56. The molecular weight excluding hydrogens is 434 g/mol. The zero-order valence-corrected chi connectivity index (χ0v) is 20.0. The summed E-state index contributed by atoms with van der Waals surface area (Å²) in [7, 11) is 0. The molecular formula is C29H33N5O. The van der Waals surface area contributed by atoms with Gasteiger partial charge in [-0.3, -0.25) is 0 Å². The first-order valence-electron chi connectivity index (χ1n) is 12.7. The number of benzene rings is 2. The highest BCUT2D eigenvalue weighted by molar-refractivity contribution is 5.67. The van der Waals surface area contributed by atoms with Crippen molar-refractivity contribution in [2.45, 2.75) is 56.7 Å². The molecule has 2 aliphatic rings. The van der Waals surface area contributed by atoms with Crippen molar-refractivity contribution < 1.29 is 5.11 Å². The topological polar surface area (TPSA) is 84.2 Å². The Balaban J connectivity index is 1.24. The van der Waals surface area contributed by atoms with E-state index in [-0.39, 0.29) is 5.75 Å². The minimum Gasteiger partial charge on any atom is -0.508 e. The van der Waals surface area contributed by atoms with Crippen LogP contribution in [-0.4, -0.2) is 41.3 Å². The van der Waals surface area contributed by atoms with Gasteiger partial charge in [0, 0.05) is 43.1 Å². The molecule has 1 aliphatic carbocycles. The molecule has 5 rings (SSSR count). The number of nitriles is 1. The van der Waals surface area contributed by atoms with Crippen LogP contribution in [0.4, 0.5) is 11.5 Å². The van der Waals surface area contributed by atoms with Crippen LogP contribution in [0.3, 0.4) is 0 Å². The van der Waals surface area contributed by atoms with Gasteiger partial charge >= 0.3 is 0 Å².